The Bertz CT molecular complexity index is 702. The molecule has 1 saturated heterocycles. The van der Waals surface area contributed by atoms with Crippen molar-refractivity contribution in [1.29, 1.82) is 0 Å². The van der Waals surface area contributed by atoms with Crippen molar-refractivity contribution in [2.24, 2.45) is 11.3 Å². The summed E-state index contributed by atoms with van der Waals surface area (Å²) < 4.78 is 17.4. The molecule has 0 unspecified atom stereocenters. The average molecular weight is 344 g/mol. The van der Waals surface area contributed by atoms with Crippen molar-refractivity contribution in [3.8, 4) is 5.75 Å². The van der Waals surface area contributed by atoms with Crippen LogP contribution in [0.25, 0.3) is 5.57 Å². The highest BCUT2D eigenvalue weighted by molar-refractivity contribution is 5.75. The van der Waals surface area contributed by atoms with E-state index in [1.54, 1.807) is 7.11 Å². The number of aliphatic hydroxyl groups is 1. The van der Waals surface area contributed by atoms with Crippen LogP contribution in [-0.4, -0.2) is 37.8 Å². The Morgan fingerprint density at radius 3 is 2.60 bits per heavy atom. The Morgan fingerprint density at radius 1 is 1.16 bits per heavy atom. The molecule has 25 heavy (non-hydrogen) atoms. The van der Waals surface area contributed by atoms with E-state index in [1.165, 1.54) is 22.3 Å². The number of ether oxygens (including phenoxy) is 3. The number of hydrogen-bond donors (Lipinski definition) is 1. The Hall–Kier alpha value is -1.36. The molecule has 0 bridgehead atoms. The molecule has 4 nitrogen and oxygen atoms in total. The van der Waals surface area contributed by atoms with E-state index in [0.717, 1.165) is 31.4 Å². The first-order chi connectivity index (χ1) is 12.0. The highest BCUT2D eigenvalue weighted by atomic mass is 16.7. The molecule has 0 aromatic heterocycles. The van der Waals surface area contributed by atoms with Gasteiger partial charge in [-0.15, -0.1) is 0 Å². The Labute approximate surface area is 149 Å². The Kier molecular flexibility index (Phi) is 4.18. The summed E-state index contributed by atoms with van der Waals surface area (Å²) in [6, 6.07) is 6.39. The smallest absolute Gasteiger partial charge is 0.171 e. The minimum Gasteiger partial charge on any atom is -0.497 e. The fraction of sp³-hybridized carbons (Fsp3) is 0.619. The maximum atomic E-state index is 10.3. The lowest BCUT2D eigenvalue weighted by molar-refractivity contribution is -0.239. The highest BCUT2D eigenvalue weighted by Crippen LogP contribution is 2.57. The lowest BCUT2D eigenvalue weighted by Crippen LogP contribution is -2.53. The van der Waals surface area contributed by atoms with Gasteiger partial charge in [0.1, 0.15) is 5.75 Å². The minimum absolute atomic E-state index is 0.0783. The van der Waals surface area contributed by atoms with E-state index in [0.29, 0.717) is 13.2 Å². The molecule has 0 saturated carbocycles. The van der Waals surface area contributed by atoms with Crippen molar-refractivity contribution in [3.05, 3.63) is 34.9 Å². The van der Waals surface area contributed by atoms with E-state index in [9.17, 15) is 5.11 Å². The van der Waals surface area contributed by atoms with Crippen molar-refractivity contribution < 1.29 is 19.3 Å². The molecule has 1 aliphatic heterocycles. The van der Waals surface area contributed by atoms with E-state index < -0.39 is 5.79 Å². The molecule has 136 valence electrons. The molecule has 0 spiro atoms. The largest absolute Gasteiger partial charge is 0.497 e. The predicted molar refractivity (Wildman–Crippen MR) is 96.5 cm³/mol. The third kappa shape index (κ3) is 2.46. The second-order valence-corrected chi connectivity index (χ2v) is 7.82. The lowest BCUT2D eigenvalue weighted by Gasteiger charge is -2.51. The molecule has 1 fully saturated rings. The molecule has 1 heterocycles. The zero-order valence-electron chi connectivity index (χ0n) is 15.4. The number of aliphatic hydroxyl groups excluding tert-OH is 1. The maximum absolute atomic E-state index is 10.3. The molecule has 0 amide bonds. The van der Waals surface area contributed by atoms with E-state index >= 15 is 0 Å². The van der Waals surface area contributed by atoms with Gasteiger partial charge in [-0.25, -0.2) is 0 Å². The molecule has 4 heteroatoms. The summed E-state index contributed by atoms with van der Waals surface area (Å²) in [7, 11) is 1.71. The molecule has 1 aromatic carbocycles. The molecule has 1 aromatic rings. The van der Waals surface area contributed by atoms with E-state index in [4.69, 9.17) is 14.2 Å². The van der Waals surface area contributed by atoms with Crippen molar-refractivity contribution in [2.45, 2.75) is 45.3 Å². The van der Waals surface area contributed by atoms with Gasteiger partial charge in [0.25, 0.3) is 0 Å². The molecule has 0 radical (unpaired) electrons. The summed E-state index contributed by atoms with van der Waals surface area (Å²) in [6.07, 6.45) is 3.95. The lowest BCUT2D eigenvalue weighted by atomic mass is 9.58. The second kappa shape index (κ2) is 6.11. The van der Waals surface area contributed by atoms with E-state index in [-0.39, 0.29) is 17.9 Å². The topological polar surface area (TPSA) is 47.9 Å². The molecule has 1 N–H and O–H groups in total. The van der Waals surface area contributed by atoms with Gasteiger partial charge < -0.3 is 19.3 Å². The Morgan fingerprint density at radius 2 is 1.92 bits per heavy atom. The van der Waals surface area contributed by atoms with Crippen LogP contribution in [0.4, 0.5) is 0 Å². The molecular weight excluding hydrogens is 316 g/mol. The summed E-state index contributed by atoms with van der Waals surface area (Å²) in [5.41, 5.74) is 5.30. The predicted octanol–water partition coefficient (Wildman–Crippen LogP) is 3.57. The third-order valence-corrected chi connectivity index (χ3v) is 6.83. The minimum atomic E-state index is -0.612. The molecule has 4 rings (SSSR count). The van der Waals surface area contributed by atoms with E-state index in [2.05, 4.69) is 26.0 Å². The number of hydrogen-bond acceptors (Lipinski definition) is 4. The van der Waals surface area contributed by atoms with Crippen molar-refractivity contribution in [2.75, 3.05) is 26.9 Å². The average Bonchev–Trinajstić information content (AvgIpc) is 3.09. The standard InChI is InChI=1S/C21H28O4/c1-20(21(2)24-10-11-25-21)9-8-17-16-7-5-15(23-3)12-14(16)4-6-18(17)19(20)13-22/h5,7,12,19,22H,4,6,8-11,13H2,1-3H3/t19-,20-/m0/s1. The van der Waals surface area contributed by atoms with Gasteiger partial charge in [0.2, 0.25) is 0 Å². The first-order valence-corrected chi connectivity index (χ1v) is 9.30. The van der Waals surface area contributed by atoms with Crippen LogP contribution in [0.3, 0.4) is 0 Å². The van der Waals surface area contributed by atoms with Gasteiger partial charge >= 0.3 is 0 Å². The first-order valence-electron chi connectivity index (χ1n) is 9.30. The van der Waals surface area contributed by atoms with Gasteiger partial charge in [-0.2, -0.15) is 0 Å². The van der Waals surface area contributed by atoms with Gasteiger partial charge in [-0.3, -0.25) is 0 Å². The van der Waals surface area contributed by atoms with E-state index in [1.807, 2.05) is 6.07 Å². The van der Waals surface area contributed by atoms with Crippen molar-refractivity contribution in [3.63, 3.8) is 0 Å². The fourth-order valence-corrected chi connectivity index (χ4v) is 5.11. The SMILES string of the molecule is COc1ccc2c(c1)CCC1=C2CC[C@](C)(C2(C)OCCO2)[C@H]1CO. The summed E-state index contributed by atoms with van der Waals surface area (Å²) in [5, 5.41) is 10.3. The van der Waals surface area contributed by atoms with Crippen LogP contribution in [-0.2, 0) is 15.9 Å². The summed E-state index contributed by atoms with van der Waals surface area (Å²) in [6.45, 7) is 5.70. The first kappa shape index (κ1) is 17.1. The molecule has 3 aliphatic rings. The van der Waals surface area contributed by atoms with Crippen LogP contribution < -0.4 is 4.74 Å². The number of methoxy groups -OCH3 is 1. The third-order valence-electron chi connectivity index (χ3n) is 6.83. The quantitative estimate of drug-likeness (QED) is 0.911. The zero-order valence-corrected chi connectivity index (χ0v) is 15.4. The van der Waals surface area contributed by atoms with Crippen LogP contribution in [0.2, 0.25) is 0 Å². The maximum Gasteiger partial charge on any atom is 0.171 e. The van der Waals surface area contributed by atoms with Crippen LogP contribution in [0.5, 0.6) is 5.75 Å². The van der Waals surface area contributed by atoms with Gasteiger partial charge in [-0.05, 0) is 61.4 Å². The second-order valence-electron chi connectivity index (χ2n) is 7.82. The van der Waals surface area contributed by atoms with Gasteiger partial charge in [0, 0.05) is 11.3 Å². The number of aryl methyl sites for hydroxylation is 1. The number of rotatable bonds is 3. The highest BCUT2D eigenvalue weighted by Gasteiger charge is 2.56. The van der Waals surface area contributed by atoms with Gasteiger partial charge in [-0.1, -0.05) is 18.6 Å². The number of benzene rings is 1. The Balaban J connectivity index is 1.76. The normalized spacial score (nSPS) is 30.8. The van der Waals surface area contributed by atoms with Crippen molar-refractivity contribution >= 4 is 5.57 Å². The van der Waals surface area contributed by atoms with Crippen LogP contribution in [0.15, 0.2) is 23.8 Å². The fourth-order valence-electron chi connectivity index (χ4n) is 5.11. The van der Waals surface area contributed by atoms with Crippen LogP contribution in [0.1, 0.15) is 44.2 Å². The van der Waals surface area contributed by atoms with Gasteiger partial charge in [0.05, 0.1) is 26.9 Å². The molecule has 2 aliphatic carbocycles. The molecular formula is C21H28O4. The summed E-state index contributed by atoms with van der Waals surface area (Å²) in [5.74, 6) is 0.385. The molecule has 2 atom stereocenters. The van der Waals surface area contributed by atoms with Crippen LogP contribution in [0, 0.1) is 11.3 Å². The summed E-state index contributed by atoms with van der Waals surface area (Å²) in [4.78, 5) is 0. The number of fused-ring (bicyclic) bond motifs is 2. The van der Waals surface area contributed by atoms with Crippen LogP contribution >= 0.6 is 0 Å². The summed E-state index contributed by atoms with van der Waals surface area (Å²) >= 11 is 0. The van der Waals surface area contributed by atoms with Crippen molar-refractivity contribution in [1.82, 2.24) is 0 Å². The number of allylic oxidation sites excluding steroid dienone is 1. The van der Waals surface area contributed by atoms with Gasteiger partial charge in [0.15, 0.2) is 5.79 Å². The monoisotopic (exact) mass is 344 g/mol. The zero-order chi connectivity index (χ0) is 17.7.